The van der Waals surface area contributed by atoms with E-state index in [-0.39, 0.29) is 17.4 Å². The lowest BCUT2D eigenvalue weighted by Gasteiger charge is -2.26. The van der Waals surface area contributed by atoms with Gasteiger partial charge in [-0.25, -0.2) is 0 Å². The lowest BCUT2D eigenvalue weighted by Crippen LogP contribution is -2.32. The van der Waals surface area contributed by atoms with Crippen molar-refractivity contribution in [2.24, 2.45) is 0 Å². The summed E-state index contributed by atoms with van der Waals surface area (Å²) in [5.41, 5.74) is 2.32. The molecule has 1 fully saturated rings. The van der Waals surface area contributed by atoms with E-state index in [1.165, 1.54) is 0 Å². The van der Waals surface area contributed by atoms with Gasteiger partial charge in [0.15, 0.2) is 0 Å². The Bertz CT molecular complexity index is 1150. The molecule has 4 rings (SSSR count). The third-order valence-electron chi connectivity index (χ3n) is 6.28. The van der Waals surface area contributed by atoms with E-state index in [2.05, 4.69) is 6.58 Å². The van der Waals surface area contributed by atoms with Crippen molar-refractivity contribution in [3.63, 3.8) is 0 Å². The van der Waals surface area contributed by atoms with Gasteiger partial charge in [0.25, 0.3) is 11.7 Å². The minimum absolute atomic E-state index is 0.0616. The molecule has 2 aromatic rings. The number of benzene rings is 2. The van der Waals surface area contributed by atoms with Gasteiger partial charge in [0.05, 0.1) is 11.6 Å². The van der Waals surface area contributed by atoms with E-state index in [0.717, 1.165) is 29.8 Å². The summed E-state index contributed by atoms with van der Waals surface area (Å²) in [5.74, 6) is 0.00320. The highest BCUT2D eigenvalue weighted by Gasteiger charge is 2.45. The minimum Gasteiger partial charge on any atom is -0.507 e. The zero-order valence-electron chi connectivity index (χ0n) is 20.5. The summed E-state index contributed by atoms with van der Waals surface area (Å²) in [7, 11) is 3.93. The molecule has 7 heteroatoms. The molecule has 2 atom stereocenters. The van der Waals surface area contributed by atoms with E-state index in [4.69, 9.17) is 9.47 Å². The first-order valence-electron chi connectivity index (χ1n) is 11.9. The van der Waals surface area contributed by atoms with E-state index in [1.807, 2.05) is 50.2 Å². The molecule has 0 unspecified atom stereocenters. The van der Waals surface area contributed by atoms with Crippen molar-refractivity contribution in [1.29, 1.82) is 0 Å². The van der Waals surface area contributed by atoms with Gasteiger partial charge in [0, 0.05) is 18.5 Å². The summed E-state index contributed by atoms with van der Waals surface area (Å²) in [6.07, 6.45) is 3.15. The van der Waals surface area contributed by atoms with Gasteiger partial charge < -0.3 is 24.4 Å². The molecular formula is C28H32N2O5. The van der Waals surface area contributed by atoms with Crippen LogP contribution in [0.1, 0.15) is 36.1 Å². The maximum Gasteiger partial charge on any atom is 0.295 e. The molecule has 0 saturated carbocycles. The zero-order valence-corrected chi connectivity index (χ0v) is 20.5. The predicted octanol–water partition coefficient (Wildman–Crippen LogP) is 3.95. The molecule has 184 valence electrons. The number of aliphatic hydroxyl groups excluding tert-OH is 1. The molecule has 1 amide bonds. The van der Waals surface area contributed by atoms with Crippen LogP contribution in [0.15, 0.2) is 60.7 Å². The van der Waals surface area contributed by atoms with Crippen LogP contribution in [0.3, 0.4) is 0 Å². The fourth-order valence-corrected chi connectivity index (χ4v) is 4.64. The van der Waals surface area contributed by atoms with Gasteiger partial charge in [0.2, 0.25) is 0 Å². The van der Waals surface area contributed by atoms with Crippen LogP contribution in [-0.2, 0) is 16.0 Å². The van der Waals surface area contributed by atoms with Gasteiger partial charge in [-0.2, -0.15) is 0 Å². The third kappa shape index (κ3) is 5.10. The van der Waals surface area contributed by atoms with Crippen molar-refractivity contribution < 1.29 is 24.2 Å². The van der Waals surface area contributed by atoms with Gasteiger partial charge in [-0.05, 0) is 75.4 Å². The molecule has 7 nitrogen and oxygen atoms in total. The molecule has 2 aliphatic heterocycles. The SMILES string of the molecule is C=CCOc1ccc([C@@H]2C(=C(O)c3ccc4c(c3)C[C@H](C)O4)C(=O)C(=O)N2CCCN(C)C)cc1. The number of aliphatic hydroxyl groups is 1. The lowest BCUT2D eigenvalue weighted by molar-refractivity contribution is -0.139. The van der Waals surface area contributed by atoms with Crippen LogP contribution in [0.25, 0.3) is 5.76 Å². The van der Waals surface area contributed by atoms with Crippen LogP contribution >= 0.6 is 0 Å². The predicted molar refractivity (Wildman–Crippen MR) is 135 cm³/mol. The summed E-state index contributed by atoms with van der Waals surface area (Å²) in [4.78, 5) is 29.9. The number of hydrogen-bond acceptors (Lipinski definition) is 6. The summed E-state index contributed by atoms with van der Waals surface area (Å²) in [6.45, 7) is 7.19. The Morgan fingerprint density at radius 3 is 2.66 bits per heavy atom. The fourth-order valence-electron chi connectivity index (χ4n) is 4.64. The molecule has 1 saturated heterocycles. The molecule has 1 N–H and O–H groups in total. The number of carbonyl (C=O) groups excluding carboxylic acids is 2. The van der Waals surface area contributed by atoms with E-state index in [1.54, 1.807) is 29.2 Å². The van der Waals surface area contributed by atoms with E-state index in [0.29, 0.717) is 30.9 Å². The van der Waals surface area contributed by atoms with Crippen LogP contribution < -0.4 is 9.47 Å². The molecule has 0 aromatic heterocycles. The Labute approximate surface area is 206 Å². The first kappa shape index (κ1) is 24.5. The quantitative estimate of drug-likeness (QED) is 0.256. The molecule has 0 bridgehead atoms. The summed E-state index contributed by atoms with van der Waals surface area (Å²) < 4.78 is 11.4. The van der Waals surface area contributed by atoms with E-state index >= 15 is 0 Å². The normalized spacial score (nSPS) is 20.7. The van der Waals surface area contributed by atoms with Gasteiger partial charge in [-0.3, -0.25) is 9.59 Å². The second-order valence-corrected chi connectivity index (χ2v) is 9.27. The summed E-state index contributed by atoms with van der Waals surface area (Å²) in [6, 6.07) is 12.0. The number of hydrogen-bond donors (Lipinski definition) is 1. The first-order chi connectivity index (χ1) is 16.8. The Kier molecular flexibility index (Phi) is 7.26. The molecule has 2 aromatic carbocycles. The highest BCUT2D eigenvalue weighted by atomic mass is 16.5. The smallest absolute Gasteiger partial charge is 0.295 e. The maximum atomic E-state index is 13.2. The van der Waals surface area contributed by atoms with Crippen molar-refractivity contribution >= 4 is 17.4 Å². The fraction of sp³-hybridized carbons (Fsp3) is 0.357. The standard InChI is InChI=1S/C28H32N2O5/c1-5-15-34-22-10-7-19(8-11-22)25-24(27(32)28(33)30(25)14-6-13-29(3)4)26(31)20-9-12-23-21(17-20)16-18(2)35-23/h5,7-12,17-18,25,31H,1,6,13-16H2,2-4H3/t18-,25+/m0/s1. The molecule has 35 heavy (non-hydrogen) atoms. The summed E-state index contributed by atoms with van der Waals surface area (Å²) in [5, 5.41) is 11.3. The second-order valence-electron chi connectivity index (χ2n) is 9.27. The molecular weight excluding hydrogens is 444 g/mol. The molecule has 2 aliphatic rings. The van der Waals surface area contributed by atoms with Crippen LogP contribution in [0.5, 0.6) is 11.5 Å². The van der Waals surface area contributed by atoms with Gasteiger partial charge >= 0.3 is 0 Å². The van der Waals surface area contributed by atoms with Crippen LogP contribution in [0.4, 0.5) is 0 Å². The Hall–Kier alpha value is -3.58. The van der Waals surface area contributed by atoms with Gasteiger partial charge in [-0.1, -0.05) is 24.8 Å². The number of fused-ring (bicyclic) bond motifs is 1. The van der Waals surface area contributed by atoms with E-state index in [9.17, 15) is 14.7 Å². The van der Waals surface area contributed by atoms with Gasteiger partial charge in [0.1, 0.15) is 30.0 Å². The van der Waals surface area contributed by atoms with Crippen molar-refractivity contribution in [2.45, 2.75) is 31.9 Å². The lowest BCUT2D eigenvalue weighted by atomic mass is 9.94. The van der Waals surface area contributed by atoms with Crippen LogP contribution in [-0.4, -0.2) is 66.5 Å². The number of likely N-dealkylation sites (tertiary alicyclic amines) is 1. The number of ketones is 1. The average Bonchev–Trinajstić information content (AvgIpc) is 3.33. The number of rotatable bonds is 9. The van der Waals surface area contributed by atoms with Crippen LogP contribution in [0, 0.1) is 0 Å². The Balaban J connectivity index is 1.74. The molecule has 0 spiro atoms. The Morgan fingerprint density at radius 1 is 1.23 bits per heavy atom. The number of nitrogens with zero attached hydrogens (tertiary/aromatic N) is 2. The largest absolute Gasteiger partial charge is 0.507 e. The van der Waals surface area contributed by atoms with Crippen molar-refractivity contribution in [2.75, 3.05) is 33.8 Å². The second kappa shape index (κ2) is 10.4. The van der Waals surface area contributed by atoms with Crippen molar-refractivity contribution in [3.8, 4) is 11.5 Å². The maximum absolute atomic E-state index is 13.2. The Morgan fingerprint density at radius 2 is 1.97 bits per heavy atom. The number of Topliss-reactive ketones (excluding diaryl/α,β-unsaturated/α-hetero) is 1. The van der Waals surface area contributed by atoms with E-state index < -0.39 is 17.7 Å². The highest BCUT2D eigenvalue weighted by molar-refractivity contribution is 6.46. The monoisotopic (exact) mass is 476 g/mol. The molecule has 0 radical (unpaired) electrons. The summed E-state index contributed by atoms with van der Waals surface area (Å²) >= 11 is 0. The molecule has 0 aliphatic carbocycles. The number of ether oxygens (including phenoxy) is 2. The number of amides is 1. The minimum atomic E-state index is -0.686. The van der Waals surface area contributed by atoms with Crippen molar-refractivity contribution in [1.82, 2.24) is 9.80 Å². The zero-order chi connectivity index (χ0) is 25.1. The van der Waals surface area contributed by atoms with Crippen LogP contribution in [0.2, 0.25) is 0 Å². The topological polar surface area (TPSA) is 79.3 Å². The highest BCUT2D eigenvalue weighted by Crippen LogP contribution is 2.41. The van der Waals surface area contributed by atoms with Crippen molar-refractivity contribution in [3.05, 3.63) is 77.4 Å². The van der Waals surface area contributed by atoms with Gasteiger partial charge in [-0.15, -0.1) is 0 Å². The third-order valence-corrected chi connectivity index (χ3v) is 6.28. The number of carbonyl (C=O) groups is 2. The first-order valence-corrected chi connectivity index (χ1v) is 11.9. The average molecular weight is 477 g/mol. The molecule has 2 heterocycles.